The number of rotatable bonds is 5. The number of amides is 3. The molecule has 12 heteroatoms. The Morgan fingerprint density at radius 3 is 2.46 bits per heavy atom. The molecule has 250 valence electrons. The summed E-state index contributed by atoms with van der Waals surface area (Å²) >= 11 is 0. The van der Waals surface area contributed by atoms with Gasteiger partial charge in [-0.3, -0.25) is 19.0 Å². The fraction of sp³-hybridized carbons (Fsp3) is 0.417. The van der Waals surface area contributed by atoms with E-state index in [-0.39, 0.29) is 35.8 Å². The highest BCUT2D eigenvalue weighted by molar-refractivity contribution is 5.95. The Morgan fingerprint density at radius 1 is 0.938 bits per heavy atom. The van der Waals surface area contributed by atoms with Crippen LogP contribution in [0.2, 0.25) is 0 Å². The molecule has 3 aliphatic rings. The lowest BCUT2D eigenvalue weighted by molar-refractivity contribution is -0.142. The Morgan fingerprint density at radius 2 is 1.71 bits per heavy atom. The van der Waals surface area contributed by atoms with Crippen molar-refractivity contribution < 1.29 is 24.6 Å². The normalized spacial score (nSPS) is 20.8. The van der Waals surface area contributed by atoms with Gasteiger partial charge in [-0.05, 0) is 60.6 Å². The lowest BCUT2D eigenvalue weighted by Gasteiger charge is -2.43. The Labute approximate surface area is 277 Å². The molecule has 7 rings (SSSR count). The molecule has 5 heterocycles. The van der Waals surface area contributed by atoms with Crippen molar-refractivity contribution in [2.45, 2.75) is 50.3 Å². The number of piperidine rings is 2. The second kappa shape index (κ2) is 12.6. The molecule has 2 aromatic heterocycles. The zero-order chi connectivity index (χ0) is 33.6. The number of nitrogens with zero attached hydrogens (tertiary/aromatic N) is 6. The van der Waals surface area contributed by atoms with Crippen LogP contribution in [0.5, 0.6) is 0 Å². The van der Waals surface area contributed by atoms with E-state index in [1.165, 1.54) is 15.8 Å². The van der Waals surface area contributed by atoms with E-state index in [4.69, 9.17) is 0 Å². The van der Waals surface area contributed by atoms with Gasteiger partial charge in [-0.25, -0.2) is 9.78 Å². The van der Waals surface area contributed by atoms with Crippen molar-refractivity contribution in [1.29, 1.82) is 0 Å². The van der Waals surface area contributed by atoms with E-state index in [1.54, 1.807) is 22.9 Å². The maximum atomic E-state index is 14.1. The van der Waals surface area contributed by atoms with Crippen LogP contribution in [-0.2, 0) is 31.4 Å². The summed E-state index contributed by atoms with van der Waals surface area (Å²) in [6.07, 6.45) is 4.09. The number of carboxylic acid groups (broad SMARTS) is 1. The van der Waals surface area contributed by atoms with Gasteiger partial charge in [-0.15, -0.1) is 0 Å². The van der Waals surface area contributed by atoms with Gasteiger partial charge in [0.25, 0.3) is 11.5 Å². The minimum Gasteiger partial charge on any atom is -0.465 e. The van der Waals surface area contributed by atoms with Crippen molar-refractivity contribution in [3.8, 4) is 0 Å². The van der Waals surface area contributed by atoms with Crippen LogP contribution in [0.15, 0.2) is 71.9 Å². The molecule has 2 atom stereocenters. The van der Waals surface area contributed by atoms with E-state index in [9.17, 15) is 29.4 Å². The highest BCUT2D eigenvalue weighted by Crippen LogP contribution is 2.36. The second-order valence-corrected chi connectivity index (χ2v) is 13.5. The highest BCUT2D eigenvalue weighted by atomic mass is 16.4. The van der Waals surface area contributed by atoms with Gasteiger partial charge in [0, 0.05) is 69.9 Å². The largest absolute Gasteiger partial charge is 0.465 e. The van der Waals surface area contributed by atoms with Crippen LogP contribution in [0.3, 0.4) is 0 Å². The van der Waals surface area contributed by atoms with Gasteiger partial charge in [0.2, 0.25) is 5.91 Å². The first-order chi connectivity index (χ1) is 23.1. The maximum absolute atomic E-state index is 14.1. The van der Waals surface area contributed by atoms with Gasteiger partial charge in [-0.1, -0.05) is 36.4 Å². The molecule has 2 fully saturated rings. The van der Waals surface area contributed by atoms with Gasteiger partial charge >= 0.3 is 6.09 Å². The smallest absolute Gasteiger partial charge is 0.407 e. The standard InChI is InChI=1S/C36H40N6O6/c1-38-14-10-29-31(38)37-23-42(34(29)45)22-36(48)12-17-39(18-13-36)33(44)28-11-16-40(21-30(28)24-5-3-2-4-6-24)32(43)26-7-8-27-20-41(35(46)47)15-9-25(27)19-26/h2-8,10,14,19,23,28,30,48H,9,11-13,15-18,20-22H2,1H3,(H,46,47)/t28-,30+/m1/s1. The van der Waals surface area contributed by atoms with Crippen molar-refractivity contribution in [2.75, 3.05) is 32.7 Å². The lowest BCUT2D eigenvalue weighted by atomic mass is 9.79. The molecule has 48 heavy (non-hydrogen) atoms. The minimum atomic E-state index is -1.14. The Bertz CT molecular complexity index is 1930. The number of likely N-dealkylation sites (tertiary alicyclic amines) is 2. The first kappa shape index (κ1) is 31.6. The summed E-state index contributed by atoms with van der Waals surface area (Å²) in [5, 5.41) is 21.4. The number of hydrogen-bond donors (Lipinski definition) is 2. The maximum Gasteiger partial charge on any atom is 0.407 e. The average molecular weight is 653 g/mol. The number of aliphatic hydroxyl groups is 1. The predicted octanol–water partition coefficient (Wildman–Crippen LogP) is 3.07. The number of carbonyl (C=O) groups excluding carboxylic acids is 2. The SMILES string of the molecule is Cn1ccc2c(=O)n(CC3(O)CCN(C(=O)[C@@H]4CCN(C(=O)c5ccc6c(c5)CCN(C(=O)O)C6)C[C@H]4c4ccccc4)CC3)cnc21. The van der Waals surface area contributed by atoms with E-state index in [1.807, 2.05) is 59.3 Å². The van der Waals surface area contributed by atoms with Crippen molar-refractivity contribution in [3.63, 3.8) is 0 Å². The summed E-state index contributed by atoms with van der Waals surface area (Å²) in [4.78, 5) is 61.8. The molecule has 0 bridgehead atoms. The molecule has 2 aromatic carbocycles. The molecule has 12 nitrogen and oxygen atoms in total. The van der Waals surface area contributed by atoms with E-state index >= 15 is 0 Å². The highest BCUT2D eigenvalue weighted by Gasteiger charge is 2.42. The van der Waals surface area contributed by atoms with Crippen LogP contribution in [0.1, 0.15) is 52.2 Å². The minimum absolute atomic E-state index is 0.0271. The molecule has 0 aliphatic carbocycles. The zero-order valence-electron chi connectivity index (χ0n) is 27.0. The Balaban J connectivity index is 1.03. The molecule has 3 amide bonds. The van der Waals surface area contributed by atoms with Crippen LogP contribution in [0.4, 0.5) is 4.79 Å². The molecule has 2 saturated heterocycles. The molecule has 4 aromatic rings. The molecule has 2 N–H and O–H groups in total. The number of aryl methyl sites for hydroxylation is 1. The number of benzene rings is 2. The Kier molecular flexibility index (Phi) is 8.28. The third-order valence-corrected chi connectivity index (χ3v) is 10.5. The fourth-order valence-corrected chi connectivity index (χ4v) is 7.65. The summed E-state index contributed by atoms with van der Waals surface area (Å²) in [5.41, 5.74) is 2.76. The van der Waals surface area contributed by atoms with E-state index in [0.29, 0.717) is 81.5 Å². The summed E-state index contributed by atoms with van der Waals surface area (Å²) < 4.78 is 3.25. The summed E-state index contributed by atoms with van der Waals surface area (Å²) in [6.45, 7) is 2.42. The number of fused-ring (bicyclic) bond motifs is 2. The lowest BCUT2D eigenvalue weighted by Crippen LogP contribution is -2.53. The van der Waals surface area contributed by atoms with Crippen molar-refractivity contribution >= 4 is 28.9 Å². The number of carbonyl (C=O) groups is 3. The van der Waals surface area contributed by atoms with Gasteiger partial charge in [0.15, 0.2) is 0 Å². The van der Waals surface area contributed by atoms with Crippen molar-refractivity contribution in [3.05, 3.63) is 99.7 Å². The van der Waals surface area contributed by atoms with E-state index in [0.717, 1.165) is 16.7 Å². The molecule has 0 saturated carbocycles. The van der Waals surface area contributed by atoms with Gasteiger partial charge in [0.1, 0.15) is 12.0 Å². The monoisotopic (exact) mass is 652 g/mol. The van der Waals surface area contributed by atoms with Crippen LogP contribution in [-0.4, -0.2) is 95.3 Å². The van der Waals surface area contributed by atoms with Gasteiger partial charge in [0.05, 0.1) is 17.5 Å². The van der Waals surface area contributed by atoms with Crippen molar-refractivity contribution in [2.24, 2.45) is 13.0 Å². The molecule has 0 spiro atoms. The summed E-state index contributed by atoms with van der Waals surface area (Å²) in [6, 6.07) is 17.1. The zero-order valence-corrected chi connectivity index (χ0v) is 27.0. The molecule has 3 aliphatic heterocycles. The molecule has 0 radical (unpaired) electrons. The fourth-order valence-electron chi connectivity index (χ4n) is 7.65. The quantitative estimate of drug-likeness (QED) is 0.338. The Hall–Kier alpha value is -4.97. The van der Waals surface area contributed by atoms with Crippen molar-refractivity contribution in [1.82, 2.24) is 28.8 Å². The number of hydrogen-bond acceptors (Lipinski definition) is 6. The van der Waals surface area contributed by atoms with E-state index < -0.39 is 11.7 Å². The predicted molar refractivity (Wildman–Crippen MR) is 178 cm³/mol. The van der Waals surface area contributed by atoms with Crippen LogP contribution < -0.4 is 5.56 Å². The first-order valence-corrected chi connectivity index (χ1v) is 16.6. The van der Waals surface area contributed by atoms with E-state index in [2.05, 4.69) is 4.98 Å². The third kappa shape index (κ3) is 5.96. The molecule has 0 unspecified atom stereocenters. The molecular weight excluding hydrogens is 612 g/mol. The second-order valence-electron chi connectivity index (χ2n) is 13.5. The number of aromatic nitrogens is 3. The topological polar surface area (TPSA) is 141 Å². The average Bonchev–Trinajstić information content (AvgIpc) is 3.49. The van der Waals surface area contributed by atoms with Gasteiger partial charge in [-0.2, -0.15) is 0 Å². The third-order valence-electron chi connectivity index (χ3n) is 10.5. The van der Waals surface area contributed by atoms with Crippen LogP contribution >= 0.6 is 0 Å². The summed E-state index contributed by atoms with van der Waals surface area (Å²) in [7, 11) is 1.83. The van der Waals surface area contributed by atoms with Gasteiger partial charge < -0.3 is 29.5 Å². The first-order valence-electron chi connectivity index (χ1n) is 16.6. The molecular formula is C36H40N6O6. The van der Waals surface area contributed by atoms with Crippen LogP contribution in [0.25, 0.3) is 11.0 Å². The van der Waals surface area contributed by atoms with Crippen LogP contribution in [0, 0.1) is 5.92 Å². The summed E-state index contributed by atoms with van der Waals surface area (Å²) in [5.74, 6) is -0.576.